The lowest BCUT2D eigenvalue weighted by Crippen LogP contribution is -2.27. The number of carbonyl (C=O) groups is 1. The molecule has 0 aliphatic carbocycles. The first-order valence-electron chi connectivity index (χ1n) is 6.21. The Bertz CT molecular complexity index is 673. The van der Waals surface area contributed by atoms with Gasteiger partial charge in [0.2, 0.25) is 5.91 Å². The van der Waals surface area contributed by atoms with E-state index in [1.54, 1.807) is 12.1 Å². The van der Waals surface area contributed by atoms with Crippen molar-refractivity contribution in [1.82, 2.24) is 5.32 Å². The summed E-state index contributed by atoms with van der Waals surface area (Å²) in [4.78, 5) is 11.9. The second-order valence-electron chi connectivity index (χ2n) is 4.66. The molecule has 0 aromatic heterocycles. The molecular formula is C15H12F2N2O. The molecule has 0 saturated carbocycles. The zero-order chi connectivity index (χ0) is 14.1. The number of hydrogen-bond acceptors (Lipinski definition) is 2. The van der Waals surface area contributed by atoms with E-state index in [1.165, 1.54) is 30.3 Å². The van der Waals surface area contributed by atoms with Gasteiger partial charge in [0.15, 0.2) is 0 Å². The van der Waals surface area contributed by atoms with Crippen LogP contribution in [-0.2, 0) is 11.3 Å². The number of rotatable bonds is 3. The standard InChI is InChI=1S/C15H12F2N2O/c16-10-3-1-2-9(6-10)8-18-14-12-7-11(17)4-5-13(12)19-15(14)20/h1-7,14,18H,8H2,(H,19,20). The molecule has 0 bridgehead atoms. The summed E-state index contributed by atoms with van der Waals surface area (Å²) in [7, 11) is 0. The van der Waals surface area contributed by atoms with E-state index in [-0.39, 0.29) is 11.7 Å². The first-order chi connectivity index (χ1) is 9.63. The molecule has 102 valence electrons. The van der Waals surface area contributed by atoms with Crippen molar-refractivity contribution in [1.29, 1.82) is 0 Å². The van der Waals surface area contributed by atoms with Crippen molar-refractivity contribution in [2.45, 2.75) is 12.6 Å². The Hall–Kier alpha value is -2.27. The minimum Gasteiger partial charge on any atom is -0.324 e. The predicted molar refractivity (Wildman–Crippen MR) is 71.0 cm³/mol. The molecule has 2 N–H and O–H groups in total. The lowest BCUT2D eigenvalue weighted by atomic mass is 10.1. The highest BCUT2D eigenvalue weighted by Gasteiger charge is 2.30. The van der Waals surface area contributed by atoms with E-state index >= 15 is 0 Å². The Labute approximate surface area is 114 Å². The van der Waals surface area contributed by atoms with E-state index in [1.807, 2.05) is 0 Å². The number of halogens is 2. The quantitative estimate of drug-likeness (QED) is 0.903. The van der Waals surface area contributed by atoms with E-state index in [0.717, 1.165) is 5.56 Å². The third-order valence-electron chi connectivity index (χ3n) is 3.24. The summed E-state index contributed by atoms with van der Waals surface area (Å²) in [5, 5.41) is 5.69. The molecule has 0 radical (unpaired) electrons. The second kappa shape index (κ2) is 5.02. The van der Waals surface area contributed by atoms with Crippen LogP contribution in [0.5, 0.6) is 0 Å². The summed E-state index contributed by atoms with van der Waals surface area (Å²) < 4.78 is 26.3. The summed E-state index contributed by atoms with van der Waals surface area (Å²) in [5.74, 6) is -0.952. The second-order valence-corrected chi connectivity index (χ2v) is 4.66. The lowest BCUT2D eigenvalue weighted by Gasteiger charge is -2.11. The molecule has 2 aromatic carbocycles. The van der Waals surface area contributed by atoms with Gasteiger partial charge in [0.25, 0.3) is 0 Å². The molecule has 1 heterocycles. The van der Waals surface area contributed by atoms with Crippen LogP contribution in [0, 0.1) is 11.6 Å². The van der Waals surface area contributed by atoms with Crippen LogP contribution in [0.2, 0.25) is 0 Å². The van der Waals surface area contributed by atoms with Crippen molar-refractivity contribution < 1.29 is 13.6 Å². The molecular weight excluding hydrogens is 262 g/mol. The average Bonchev–Trinajstić information content (AvgIpc) is 2.72. The monoisotopic (exact) mass is 274 g/mol. The maximum absolute atomic E-state index is 13.3. The van der Waals surface area contributed by atoms with Gasteiger partial charge in [-0.05, 0) is 35.9 Å². The first-order valence-corrected chi connectivity index (χ1v) is 6.21. The van der Waals surface area contributed by atoms with Crippen molar-refractivity contribution in [3.05, 3.63) is 65.2 Å². The maximum atomic E-state index is 13.3. The number of hydrogen-bond donors (Lipinski definition) is 2. The predicted octanol–water partition coefficient (Wildman–Crippen LogP) is 2.75. The zero-order valence-corrected chi connectivity index (χ0v) is 10.5. The van der Waals surface area contributed by atoms with Crippen molar-refractivity contribution in [2.75, 3.05) is 5.32 Å². The van der Waals surface area contributed by atoms with E-state index in [2.05, 4.69) is 10.6 Å². The first kappa shape index (κ1) is 12.7. The van der Waals surface area contributed by atoms with Gasteiger partial charge in [-0.1, -0.05) is 12.1 Å². The van der Waals surface area contributed by atoms with Crippen LogP contribution in [0.25, 0.3) is 0 Å². The van der Waals surface area contributed by atoms with Gasteiger partial charge < -0.3 is 5.32 Å². The van der Waals surface area contributed by atoms with Crippen LogP contribution in [0.15, 0.2) is 42.5 Å². The third kappa shape index (κ3) is 2.40. The molecule has 20 heavy (non-hydrogen) atoms. The van der Waals surface area contributed by atoms with Crippen LogP contribution < -0.4 is 10.6 Å². The van der Waals surface area contributed by atoms with Gasteiger partial charge in [-0.15, -0.1) is 0 Å². The number of fused-ring (bicyclic) bond motifs is 1. The van der Waals surface area contributed by atoms with Gasteiger partial charge in [0.05, 0.1) is 0 Å². The Morgan fingerprint density at radius 1 is 1.10 bits per heavy atom. The topological polar surface area (TPSA) is 41.1 Å². The van der Waals surface area contributed by atoms with Crippen LogP contribution in [0.1, 0.15) is 17.2 Å². The van der Waals surface area contributed by atoms with Crippen LogP contribution >= 0.6 is 0 Å². The minimum absolute atomic E-state index is 0.234. The normalized spacial score (nSPS) is 16.9. The molecule has 3 nitrogen and oxygen atoms in total. The van der Waals surface area contributed by atoms with Gasteiger partial charge in [0, 0.05) is 17.8 Å². The Morgan fingerprint density at radius 3 is 2.70 bits per heavy atom. The number of anilines is 1. The Morgan fingerprint density at radius 2 is 1.90 bits per heavy atom. The number of amides is 1. The van der Waals surface area contributed by atoms with Crippen LogP contribution in [0.3, 0.4) is 0 Å². The molecule has 1 aliphatic rings. The molecule has 1 unspecified atom stereocenters. The van der Waals surface area contributed by atoms with E-state index in [9.17, 15) is 13.6 Å². The average molecular weight is 274 g/mol. The molecule has 3 rings (SSSR count). The molecule has 0 fully saturated rings. The van der Waals surface area contributed by atoms with Gasteiger partial charge in [-0.3, -0.25) is 10.1 Å². The smallest absolute Gasteiger partial charge is 0.246 e. The highest BCUT2D eigenvalue weighted by molar-refractivity contribution is 6.02. The number of nitrogens with one attached hydrogen (secondary N) is 2. The highest BCUT2D eigenvalue weighted by Crippen LogP contribution is 2.31. The van der Waals surface area contributed by atoms with Crippen molar-refractivity contribution in [3.8, 4) is 0 Å². The zero-order valence-electron chi connectivity index (χ0n) is 10.5. The third-order valence-corrected chi connectivity index (χ3v) is 3.24. The van der Waals surface area contributed by atoms with Gasteiger partial charge in [-0.25, -0.2) is 8.78 Å². The lowest BCUT2D eigenvalue weighted by molar-refractivity contribution is -0.117. The fourth-order valence-electron chi connectivity index (χ4n) is 2.30. The fourth-order valence-corrected chi connectivity index (χ4v) is 2.30. The molecule has 1 amide bonds. The number of benzene rings is 2. The molecule has 1 atom stereocenters. The minimum atomic E-state index is -0.621. The van der Waals surface area contributed by atoms with Crippen molar-refractivity contribution in [3.63, 3.8) is 0 Å². The van der Waals surface area contributed by atoms with Gasteiger partial charge in [-0.2, -0.15) is 0 Å². The molecule has 0 spiro atoms. The molecule has 5 heteroatoms. The Balaban J connectivity index is 1.78. The highest BCUT2D eigenvalue weighted by atomic mass is 19.1. The van der Waals surface area contributed by atoms with Gasteiger partial charge >= 0.3 is 0 Å². The largest absolute Gasteiger partial charge is 0.324 e. The van der Waals surface area contributed by atoms with Crippen LogP contribution in [-0.4, -0.2) is 5.91 Å². The van der Waals surface area contributed by atoms with E-state index < -0.39 is 11.9 Å². The maximum Gasteiger partial charge on any atom is 0.246 e. The summed E-state index contributed by atoms with van der Waals surface area (Å²) in [6, 6.07) is 9.66. The van der Waals surface area contributed by atoms with Crippen LogP contribution in [0.4, 0.5) is 14.5 Å². The summed E-state index contributed by atoms with van der Waals surface area (Å²) >= 11 is 0. The van der Waals surface area contributed by atoms with Crippen molar-refractivity contribution >= 4 is 11.6 Å². The fraction of sp³-hybridized carbons (Fsp3) is 0.133. The summed E-state index contributed by atoms with van der Waals surface area (Å²) in [5.41, 5.74) is 1.90. The Kier molecular flexibility index (Phi) is 3.20. The van der Waals surface area contributed by atoms with Gasteiger partial charge in [0.1, 0.15) is 17.7 Å². The summed E-state index contributed by atoms with van der Waals surface area (Å²) in [6.07, 6.45) is 0. The molecule has 0 saturated heterocycles. The summed E-state index contributed by atoms with van der Waals surface area (Å²) in [6.45, 7) is 0.325. The molecule has 2 aromatic rings. The van der Waals surface area contributed by atoms with E-state index in [0.29, 0.717) is 17.8 Å². The SMILES string of the molecule is O=C1Nc2ccc(F)cc2C1NCc1cccc(F)c1. The number of carbonyl (C=O) groups excluding carboxylic acids is 1. The van der Waals surface area contributed by atoms with E-state index in [4.69, 9.17) is 0 Å². The van der Waals surface area contributed by atoms with Crippen molar-refractivity contribution in [2.24, 2.45) is 0 Å². The molecule has 1 aliphatic heterocycles.